The second kappa shape index (κ2) is 9.35. The third kappa shape index (κ3) is 5.06. The Bertz CT molecular complexity index is 1160. The van der Waals surface area contributed by atoms with Crippen molar-refractivity contribution in [3.8, 4) is 0 Å². The number of halogens is 1. The first-order chi connectivity index (χ1) is 14.9. The Morgan fingerprint density at radius 1 is 1.06 bits per heavy atom. The van der Waals surface area contributed by atoms with Crippen LogP contribution < -0.4 is 5.32 Å². The van der Waals surface area contributed by atoms with E-state index in [-0.39, 0.29) is 23.2 Å². The molecule has 4 rings (SSSR count). The summed E-state index contributed by atoms with van der Waals surface area (Å²) in [7, 11) is -3.67. The van der Waals surface area contributed by atoms with Crippen LogP contribution in [0.4, 0.5) is 4.39 Å². The van der Waals surface area contributed by atoms with Gasteiger partial charge in [0, 0.05) is 32.7 Å². The topological polar surface area (TPSA) is 95.5 Å². The largest absolute Gasteiger partial charge is 0.355 e. The van der Waals surface area contributed by atoms with Gasteiger partial charge < -0.3 is 5.32 Å². The van der Waals surface area contributed by atoms with E-state index in [9.17, 15) is 17.6 Å². The molecule has 8 nitrogen and oxygen atoms in total. The summed E-state index contributed by atoms with van der Waals surface area (Å²) in [6.07, 6.45) is 0.620. The molecule has 1 aromatic heterocycles. The molecule has 0 unspecified atom stereocenters. The average Bonchev–Trinajstić information content (AvgIpc) is 3.24. The second-order valence-corrected chi connectivity index (χ2v) is 9.73. The molecule has 0 bridgehead atoms. The van der Waals surface area contributed by atoms with Gasteiger partial charge in [0.2, 0.25) is 15.9 Å². The molecule has 164 valence electrons. The molecule has 1 saturated heterocycles. The molecule has 2 heterocycles. The van der Waals surface area contributed by atoms with Crippen molar-refractivity contribution in [2.24, 2.45) is 0 Å². The van der Waals surface area contributed by atoms with Gasteiger partial charge in [0.15, 0.2) is 0 Å². The van der Waals surface area contributed by atoms with Crippen molar-refractivity contribution >= 4 is 38.7 Å². The van der Waals surface area contributed by atoms with Gasteiger partial charge in [-0.3, -0.25) is 9.69 Å². The highest BCUT2D eigenvalue weighted by Gasteiger charge is 2.31. The summed E-state index contributed by atoms with van der Waals surface area (Å²) < 4.78 is 48.7. The van der Waals surface area contributed by atoms with Crippen molar-refractivity contribution in [3.05, 3.63) is 53.8 Å². The highest BCUT2D eigenvalue weighted by atomic mass is 32.2. The molecule has 1 aliphatic rings. The highest BCUT2D eigenvalue weighted by Crippen LogP contribution is 2.25. The van der Waals surface area contributed by atoms with Gasteiger partial charge >= 0.3 is 0 Å². The van der Waals surface area contributed by atoms with Gasteiger partial charge in [0.25, 0.3) is 0 Å². The fourth-order valence-corrected chi connectivity index (χ4v) is 5.69. The highest BCUT2D eigenvalue weighted by molar-refractivity contribution is 7.89. The van der Waals surface area contributed by atoms with Crippen molar-refractivity contribution in [3.63, 3.8) is 0 Å². The molecule has 2 aromatic carbocycles. The number of rotatable bonds is 7. The quantitative estimate of drug-likeness (QED) is 0.571. The standard InChI is InChI=1S/C20H22FN5O3S2/c21-16-6-4-15(5-7-16)8-9-22-19(27)14-25-10-12-26(13-11-25)31(28,29)18-3-1-2-17-20(18)24-30-23-17/h1-7H,8-14H2,(H,22,27). The Balaban J connectivity index is 1.27. The number of aromatic nitrogens is 2. The maximum Gasteiger partial charge on any atom is 0.245 e. The minimum atomic E-state index is -3.67. The molecule has 1 aliphatic heterocycles. The minimum Gasteiger partial charge on any atom is -0.355 e. The van der Waals surface area contributed by atoms with Crippen LogP contribution in [0.5, 0.6) is 0 Å². The number of hydrogen-bond donors (Lipinski definition) is 1. The van der Waals surface area contributed by atoms with Gasteiger partial charge in [-0.2, -0.15) is 13.1 Å². The molecule has 0 spiro atoms. The van der Waals surface area contributed by atoms with E-state index in [4.69, 9.17) is 0 Å². The molecule has 1 fully saturated rings. The predicted octanol–water partition coefficient (Wildman–Crippen LogP) is 1.50. The zero-order valence-electron chi connectivity index (χ0n) is 16.7. The molecule has 0 radical (unpaired) electrons. The molecule has 11 heteroatoms. The number of carbonyl (C=O) groups excluding carboxylic acids is 1. The van der Waals surface area contributed by atoms with Crippen LogP contribution in [-0.4, -0.2) is 71.5 Å². The van der Waals surface area contributed by atoms with Crippen LogP contribution in [0.2, 0.25) is 0 Å². The number of nitrogens with one attached hydrogen (secondary N) is 1. The van der Waals surface area contributed by atoms with Crippen molar-refractivity contribution in [2.45, 2.75) is 11.3 Å². The molecule has 1 amide bonds. The van der Waals surface area contributed by atoms with Gasteiger partial charge in [0.1, 0.15) is 21.7 Å². The van der Waals surface area contributed by atoms with E-state index in [1.165, 1.54) is 16.4 Å². The SMILES string of the molecule is O=C(CN1CCN(S(=O)(=O)c2cccc3nsnc23)CC1)NCCc1ccc(F)cc1. The fourth-order valence-electron chi connectivity index (χ4n) is 3.51. The molecular formula is C20H22FN5O3S2. The lowest BCUT2D eigenvalue weighted by atomic mass is 10.1. The van der Waals surface area contributed by atoms with Crippen molar-refractivity contribution in [1.29, 1.82) is 0 Å². The van der Waals surface area contributed by atoms with Crippen LogP contribution >= 0.6 is 11.7 Å². The smallest absolute Gasteiger partial charge is 0.245 e. The van der Waals surface area contributed by atoms with E-state index >= 15 is 0 Å². The molecule has 0 atom stereocenters. The zero-order valence-corrected chi connectivity index (χ0v) is 18.3. The van der Waals surface area contributed by atoms with Crippen molar-refractivity contribution in [1.82, 2.24) is 23.3 Å². The van der Waals surface area contributed by atoms with Gasteiger partial charge in [-0.1, -0.05) is 18.2 Å². The fraction of sp³-hybridized carbons (Fsp3) is 0.350. The lowest BCUT2D eigenvalue weighted by Gasteiger charge is -2.33. The Hall–Kier alpha value is -2.47. The van der Waals surface area contributed by atoms with Crippen LogP contribution in [0, 0.1) is 5.82 Å². The van der Waals surface area contributed by atoms with E-state index in [1.807, 2.05) is 4.90 Å². The molecule has 0 aliphatic carbocycles. The number of fused-ring (bicyclic) bond motifs is 1. The van der Waals surface area contributed by atoms with Crippen LogP contribution in [-0.2, 0) is 21.2 Å². The van der Waals surface area contributed by atoms with Gasteiger partial charge in [-0.25, -0.2) is 12.8 Å². The lowest BCUT2D eigenvalue weighted by molar-refractivity contribution is -0.122. The Morgan fingerprint density at radius 3 is 2.55 bits per heavy atom. The van der Waals surface area contributed by atoms with E-state index in [2.05, 4.69) is 14.1 Å². The van der Waals surface area contributed by atoms with Crippen LogP contribution in [0.15, 0.2) is 47.4 Å². The number of amides is 1. The minimum absolute atomic E-state index is 0.114. The number of carbonyl (C=O) groups is 1. The Labute approximate surface area is 184 Å². The van der Waals surface area contributed by atoms with E-state index < -0.39 is 10.0 Å². The maximum absolute atomic E-state index is 13.1. The summed E-state index contributed by atoms with van der Waals surface area (Å²) in [6.45, 7) is 2.22. The van der Waals surface area contributed by atoms with Crippen molar-refractivity contribution in [2.75, 3.05) is 39.3 Å². The Morgan fingerprint density at radius 2 is 1.81 bits per heavy atom. The first-order valence-electron chi connectivity index (χ1n) is 9.88. The summed E-state index contributed by atoms with van der Waals surface area (Å²) >= 11 is 0.990. The number of piperazine rings is 1. The Kier molecular flexibility index (Phi) is 6.56. The second-order valence-electron chi connectivity index (χ2n) is 7.29. The summed E-state index contributed by atoms with van der Waals surface area (Å²) in [6, 6.07) is 11.2. The van der Waals surface area contributed by atoms with Crippen LogP contribution in [0.25, 0.3) is 11.0 Å². The van der Waals surface area contributed by atoms with Crippen LogP contribution in [0.1, 0.15) is 5.56 Å². The molecule has 3 aromatic rings. The number of benzene rings is 2. The van der Waals surface area contributed by atoms with E-state index in [1.54, 1.807) is 30.3 Å². The first-order valence-corrected chi connectivity index (χ1v) is 12.1. The van der Waals surface area contributed by atoms with Gasteiger partial charge in [-0.05, 0) is 36.2 Å². The predicted molar refractivity (Wildman–Crippen MR) is 116 cm³/mol. The summed E-state index contributed by atoms with van der Waals surface area (Å²) in [5.41, 5.74) is 1.92. The third-order valence-electron chi connectivity index (χ3n) is 5.21. The number of nitrogens with zero attached hydrogens (tertiary/aromatic N) is 4. The van der Waals surface area contributed by atoms with Gasteiger partial charge in [0.05, 0.1) is 18.3 Å². The maximum atomic E-state index is 13.1. The van der Waals surface area contributed by atoms with Crippen LogP contribution in [0.3, 0.4) is 0 Å². The lowest BCUT2D eigenvalue weighted by Crippen LogP contribution is -2.51. The number of sulfonamides is 1. The first kappa shape index (κ1) is 21.8. The van der Waals surface area contributed by atoms with E-state index in [0.29, 0.717) is 50.2 Å². The summed E-state index contributed by atoms with van der Waals surface area (Å²) in [5.74, 6) is -0.398. The molecular weight excluding hydrogens is 441 g/mol. The normalized spacial score (nSPS) is 15.9. The monoisotopic (exact) mass is 463 g/mol. The third-order valence-corrected chi connectivity index (χ3v) is 7.69. The zero-order chi connectivity index (χ0) is 21.8. The molecule has 1 N–H and O–H groups in total. The summed E-state index contributed by atoms with van der Waals surface area (Å²) in [5, 5.41) is 2.86. The van der Waals surface area contributed by atoms with Crippen molar-refractivity contribution < 1.29 is 17.6 Å². The average molecular weight is 464 g/mol. The number of hydrogen-bond acceptors (Lipinski definition) is 7. The van der Waals surface area contributed by atoms with E-state index in [0.717, 1.165) is 17.3 Å². The molecule has 0 saturated carbocycles. The van der Waals surface area contributed by atoms with Gasteiger partial charge in [-0.15, -0.1) is 0 Å². The summed E-state index contributed by atoms with van der Waals surface area (Å²) in [4.78, 5) is 14.3. The molecule has 31 heavy (non-hydrogen) atoms.